The van der Waals surface area contributed by atoms with Gasteiger partial charge in [-0.2, -0.15) is 0 Å². The fourth-order valence-electron chi connectivity index (χ4n) is 4.33. The Hall–Kier alpha value is -0.810. The van der Waals surface area contributed by atoms with Gasteiger partial charge in [0, 0.05) is 38.6 Å². The standard InChI is InChI=1S/C19H37N3O2/c1-15-11-16(2)13-21(12-15)9-5-4-8-20-19(24)22-10-6-7-18(14-22)17(3)23/h15-18,23H,4-14H2,1-3H3,(H,20,24). The molecule has 0 spiro atoms. The van der Waals surface area contributed by atoms with Crippen molar-refractivity contribution < 1.29 is 9.90 Å². The van der Waals surface area contributed by atoms with E-state index in [1.165, 1.54) is 19.5 Å². The van der Waals surface area contributed by atoms with E-state index in [0.29, 0.717) is 6.54 Å². The molecule has 0 aromatic rings. The first-order chi connectivity index (χ1) is 11.5. The summed E-state index contributed by atoms with van der Waals surface area (Å²) in [5.74, 6) is 1.86. The lowest BCUT2D eigenvalue weighted by Crippen LogP contribution is -2.47. The highest BCUT2D eigenvalue weighted by atomic mass is 16.3. The Morgan fingerprint density at radius 3 is 2.58 bits per heavy atom. The SMILES string of the molecule is CC1CC(C)CN(CCCCNC(=O)N2CCCC(C(C)O)C2)C1. The second-order valence-corrected chi connectivity index (χ2v) is 8.23. The Kier molecular flexibility index (Phi) is 7.82. The van der Waals surface area contributed by atoms with E-state index in [1.807, 2.05) is 11.8 Å². The minimum absolute atomic E-state index is 0.0422. The maximum absolute atomic E-state index is 12.2. The van der Waals surface area contributed by atoms with Gasteiger partial charge in [0.2, 0.25) is 0 Å². The third kappa shape index (κ3) is 6.25. The summed E-state index contributed by atoms with van der Waals surface area (Å²) in [5.41, 5.74) is 0. The molecule has 5 heteroatoms. The molecule has 2 aliphatic rings. The van der Waals surface area contributed by atoms with Crippen molar-refractivity contribution in [3.05, 3.63) is 0 Å². The highest BCUT2D eigenvalue weighted by Gasteiger charge is 2.26. The predicted octanol–water partition coefficient (Wildman–Crippen LogP) is 2.55. The Morgan fingerprint density at radius 1 is 1.21 bits per heavy atom. The van der Waals surface area contributed by atoms with Gasteiger partial charge in [-0.3, -0.25) is 0 Å². The lowest BCUT2D eigenvalue weighted by atomic mass is 9.92. The van der Waals surface area contributed by atoms with Gasteiger partial charge >= 0.3 is 6.03 Å². The molecule has 0 bridgehead atoms. The van der Waals surface area contributed by atoms with Crippen LogP contribution in [0.1, 0.15) is 52.9 Å². The lowest BCUT2D eigenvalue weighted by Gasteiger charge is -2.35. The van der Waals surface area contributed by atoms with Crippen LogP contribution in [0.15, 0.2) is 0 Å². The van der Waals surface area contributed by atoms with E-state index in [1.54, 1.807) is 0 Å². The van der Waals surface area contributed by atoms with E-state index >= 15 is 0 Å². The summed E-state index contributed by atoms with van der Waals surface area (Å²) >= 11 is 0. The van der Waals surface area contributed by atoms with Gasteiger partial charge in [-0.15, -0.1) is 0 Å². The van der Waals surface area contributed by atoms with Crippen molar-refractivity contribution in [1.29, 1.82) is 0 Å². The van der Waals surface area contributed by atoms with Gasteiger partial charge in [-0.05, 0) is 57.4 Å². The largest absolute Gasteiger partial charge is 0.393 e. The molecule has 0 aromatic heterocycles. The van der Waals surface area contributed by atoms with Gasteiger partial charge in [0.1, 0.15) is 0 Å². The average Bonchev–Trinajstić information content (AvgIpc) is 2.53. The first-order valence-corrected chi connectivity index (χ1v) is 9.89. The molecule has 2 amide bonds. The molecule has 2 aliphatic heterocycles. The number of carbonyl (C=O) groups is 1. The molecule has 0 saturated carbocycles. The zero-order chi connectivity index (χ0) is 17.5. The van der Waals surface area contributed by atoms with Crippen LogP contribution in [0.4, 0.5) is 4.79 Å². The van der Waals surface area contributed by atoms with Crippen molar-refractivity contribution in [2.75, 3.05) is 39.3 Å². The van der Waals surface area contributed by atoms with Crippen LogP contribution in [-0.4, -0.2) is 66.3 Å². The Labute approximate surface area is 147 Å². The van der Waals surface area contributed by atoms with Crippen molar-refractivity contribution in [2.45, 2.75) is 59.0 Å². The van der Waals surface area contributed by atoms with Crippen LogP contribution >= 0.6 is 0 Å². The fourth-order valence-corrected chi connectivity index (χ4v) is 4.33. The van der Waals surface area contributed by atoms with Gasteiger partial charge < -0.3 is 20.2 Å². The number of aliphatic hydroxyl groups excluding tert-OH is 1. The zero-order valence-corrected chi connectivity index (χ0v) is 15.8. The summed E-state index contributed by atoms with van der Waals surface area (Å²) in [5, 5.41) is 12.8. The molecule has 0 aliphatic carbocycles. The molecule has 140 valence electrons. The molecular formula is C19H37N3O2. The Bertz CT molecular complexity index is 379. The second kappa shape index (κ2) is 9.62. The number of carbonyl (C=O) groups excluding carboxylic acids is 1. The van der Waals surface area contributed by atoms with Crippen LogP contribution in [0, 0.1) is 17.8 Å². The van der Waals surface area contributed by atoms with E-state index in [2.05, 4.69) is 24.1 Å². The van der Waals surface area contributed by atoms with E-state index in [-0.39, 0.29) is 18.1 Å². The summed E-state index contributed by atoms with van der Waals surface area (Å²) in [6.45, 7) is 12.4. The number of aliphatic hydroxyl groups is 1. The summed E-state index contributed by atoms with van der Waals surface area (Å²) in [4.78, 5) is 16.7. The molecule has 4 atom stereocenters. The van der Waals surface area contributed by atoms with Crippen LogP contribution in [0.3, 0.4) is 0 Å². The van der Waals surface area contributed by atoms with Crippen molar-refractivity contribution in [3.63, 3.8) is 0 Å². The molecule has 24 heavy (non-hydrogen) atoms. The number of rotatable bonds is 6. The second-order valence-electron chi connectivity index (χ2n) is 8.23. The van der Waals surface area contributed by atoms with Crippen molar-refractivity contribution in [2.24, 2.45) is 17.8 Å². The number of amides is 2. The first kappa shape index (κ1) is 19.5. The van der Waals surface area contributed by atoms with Gasteiger partial charge in [0.25, 0.3) is 0 Å². The molecule has 0 aromatic carbocycles. The lowest BCUT2D eigenvalue weighted by molar-refractivity contribution is 0.0739. The highest BCUT2D eigenvalue weighted by Crippen LogP contribution is 2.21. The van der Waals surface area contributed by atoms with Crippen molar-refractivity contribution >= 4 is 6.03 Å². The molecule has 2 fully saturated rings. The van der Waals surface area contributed by atoms with Gasteiger partial charge in [0.15, 0.2) is 0 Å². The van der Waals surface area contributed by atoms with Gasteiger partial charge in [-0.1, -0.05) is 13.8 Å². The number of unbranched alkanes of at least 4 members (excludes halogenated alkanes) is 1. The number of likely N-dealkylation sites (tertiary alicyclic amines) is 2. The maximum atomic E-state index is 12.2. The van der Waals surface area contributed by atoms with Crippen molar-refractivity contribution in [3.8, 4) is 0 Å². The number of nitrogens with one attached hydrogen (secondary N) is 1. The van der Waals surface area contributed by atoms with Crippen LogP contribution in [-0.2, 0) is 0 Å². The quantitative estimate of drug-likeness (QED) is 0.731. The maximum Gasteiger partial charge on any atom is 0.317 e. The number of hydrogen-bond donors (Lipinski definition) is 2. The van der Waals surface area contributed by atoms with E-state index < -0.39 is 0 Å². The molecule has 2 rings (SSSR count). The fraction of sp³-hybridized carbons (Fsp3) is 0.947. The normalized spacial score (nSPS) is 30.2. The third-order valence-corrected chi connectivity index (χ3v) is 5.55. The summed E-state index contributed by atoms with van der Waals surface area (Å²) in [7, 11) is 0. The topological polar surface area (TPSA) is 55.8 Å². The number of urea groups is 1. The summed E-state index contributed by atoms with van der Waals surface area (Å²) in [6, 6.07) is 0.0422. The summed E-state index contributed by atoms with van der Waals surface area (Å²) in [6.07, 6.45) is 5.24. The molecule has 2 heterocycles. The van der Waals surface area contributed by atoms with Crippen LogP contribution in [0.5, 0.6) is 0 Å². The van der Waals surface area contributed by atoms with Gasteiger partial charge in [-0.25, -0.2) is 4.79 Å². The van der Waals surface area contributed by atoms with E-state index in [0.717, 1.165) is 57.2 Å². The average molecular weight is 340 g/mol. The molecule has 0 radical (unpaired) electrons. The predicted molar refractivity (Wildman–Crippen MR) is 98.0 cm³/mol. The third-order valence-electron chi connectivity index (χ3n) is 5.55. The Balaban J connectivity index is 1.57. The smallest absolute Gasteiger partial charge is 0.317 e. The summed E-state index contributed by atoms with van der Waals surface area (Å²) < 4.78 is 0. The molecule has 4 unspecified atom stereocenters. The first-order valence-electron chi connectivity index (χ1n) is 9.89. The minimum Gasteiger partial charge on any atom is -0.393 e. The highest BCUT2D eigenvalue weighted by molar-refractivity contribution is 5.74. The van der Waals surface area contributed by atoms with Crippen LogP contribution in [0.25, 0.3) is 0 Å². The van der Waals surface area contributed by atoms with Gasteiger partial charge in [0.05, 0.1) is 6.10 Å². The van der Waals surface area contributed by atoms with Crippen LogP contribution in [0.2, 0.25) is 0 Å². The number of piperidine rings is 2. The molecule has 2 N–H and O–H groups in total. The number of hydrogen-bond acceptors (Lipinski definition) is 3. The van der Waals surface area contributed by atoms with Crippen molar-refractivity contribution in [1.82, 2.24) is 15.1 Å². The molecular weight excluding hydrogens is 302 g/mol. The molecule has 2 saturated heterocycles. The van der Waals surface area contributed by atoms with E-state index in [4.69, 9.17) is 0 Å². The molecule has 5 nitrogen and oxygen atoms in total. The van der Waals surface area contributed by atoms with E-state index in [9.17, 15) is 9.90 Å². The zero-order valence-electron chi connectivity index (χ0n) is 15.8. The Morgan fingerprint density at radius 2 is 1.92 bits per heavy atom. The number of nitrogens with zero attached hydrogens (tertiary/aromatic N) is 2. The monoisotopic (exact) mass is 339 g/mol. The minimum atomic E-state index is -0.324. The van der Waals surface area contributed by atoms with Crippen LogP contribution < -0.4 is 5.32 Å².